The summed E-state index contributed by atoms with van der Waals surface area (Å²) in [5.74, 6) is -0.617. The molecule has 1 atom stereocenters. The number of nitrogens with one attached hydrogen (secondary N) is 1. The van der Waals surface area contributed by atoms with E-state index in [-0.39, 0.29) is 18.5 Å². The van der Waals surface area contributed by atoms with E-state index in [0.29, 0.717) is 11.3 Å². The lowest BCUT2D eigenvalue weighted by molar-refractivity contribution is -0.117. The Kier molecular flexibility index (Phi) is 5.36. The zero-order valence-corrected chi connectivity index (χ0v) is 16.4. The second kappa shape index (κ2) is 8.08. The zero-order chi connectivity index (χ0) is 19.5. The van der Waals surface area contributed by atoms with Crippen LogP contribution in [-0.2, 0) is 9.53 Å². The SMILES string of the molecule is COC(=O)c1ccccc1NC(=O)CN1CCCC1c1nc2ccccc2s1. The Balaban J connectivity index is 1.47. The molecule has 1 N–H and O–H groups in total. The fourth-order valence-electron chi connectivity index (χ4n) is 3.58. The third-order valence-corrected chi connectivity index (χ3v) is 6.05. The number of rotatable bonds is 5. The van der Waals surface area contributed by atoms with Crippen LogP contribution in [0.5, 0.6) is 0 Å². The molecule has 3 aromatic rings. The van der Waals surface area contributed by atoms with E-state index in [1.54, 1.807) is 35.6 Å². The molecule has 7 heteroatoms. The second-order valence-electron chi connectivity index (χ2n) is 6.73. The molecule has 1 saturated heterocycles. The molecule has 28 heavy (non-hydrogen) atoms. The van der Waals surface area contributed by atoms with Gasteiger partial charge in [0, 0.05) is 0 Å². The van der Waals surface area contributed by atoms with Crippen molar-refractivity contribution in [1.29, 1.82) is 0 Å². The molecular weight excluding hydrogens is 374 g/mol. The van der Waals surface area contributed by atoms with Crippen LogP contribution in [0.1, 0.15) is 34.2 Å². The number of hydrogen-bond acceptors (Lipinski definition) is 6. The molecule has 2 aromatic carbocycles. The average Bonchev–Trinajstić information content (AvgIpc) is 3.34. The van der Waals surface area contributed by atoms with Crippen molar-refractivity contribution in [2.75, 3.05) is 25.5 Å². The molecule has 1 aliphatic rings. The Bertz CT molecular complexity index is 984. The molecule has 1 aromatic heterocycles. The van der Waals surface area contributed by atoms with E-state index in [0.717, 1.165) is 29.9 Å². The minimum absolute atomic E-state index is 0.149. The van der Waals surface area contributed by atoms with E-state index < -0.39 is 5.97 Å². The molecule has 4 rings (SSSR count). The highest BCUT2D eigenvalue weighted by Crippen LogP contribution is 2.36. The first-order valence-electron chi connectivity index (χ1n) is 9.22. The predicted molar refractivity (Wildman–Crippen MR) is 110 cm³/mol. The second-order valence-corrected chi connectivity index (χ2v) is 7.80. The lowest BCUT2D eigenvalue weighted by Gasteiger charge is -2.22. The highest BCUT2D eigenvalue weighted by Gasteiger charge is 2.30. The van der Waals surface area contributed by atoms with E-state index >= 15 is 0 Å². The first-order valence-corrected chi connectivity index (χ1v) is 10.0. The van der Waals surface area contributed by atoms with Crippen LogP contribution < -0.4 is 5.32 Å². The normalized spacial score (nSPS) is 17.0. The van der Waals surface area contributed by atoms with Crippen LogP contribution in [0.15, 0.2) is 48.5 Å². The Morgan fingerprint density at radius 2 is 2.00 bits per heavy atom. The van der Waals surface area contributed by atoms with Gasteiger partial charge in [-0.3, -0.25) is 9.69 Å². The maximum absolute atomic E-state index is 12.7. The van der Waals surface area contributed by atoms with Gasteiger partial charge in [-0.25, -0.2) is 9.78 Å². The van der Waals surface area contributed by atoms with Gasteiger partial charge in [-0.15, -0.1) is 11.3 Å². The Morgan fingerprint density at radius 3 is 2.82 bits per heavy atom. The summed E-state index contributed by atoms with van der Waals surface area (Å²) in [5.41, 5.74) is 1.82. The predicted octanol–water partition coefficient (Wildman–Crippen LogP) is 3.86. The number of methoxy groups -OCH3 is 1. The van der Waals surface area contributed by atoms with Gasteiger partial charge in [0.25, 0.3) is 0 Å². The van der Waals surface area contributed by atoms with E-state index in [4.69, 9.17) is 9.72 Å². The van der Waals surface area contributed by atoms with Crippen molar-refractivity contribution in [3.63, 3.8) is 0 Å². The van der Waals surface area contributed by atoms with Gasteiger partial charge in [0.15, 0.2) is 0 Å². The summed E-state index contributed by atoms with van der Waals surface area (Å²) in [6.07, 6.45) is 2.03. The van der Waals surface area contributed by atoms with Gasteiger partial charge in [-0.1, -0.05) is 24.3 Å². The van der Waals surface area contributed by atoms with Gasteiger partial charge in [-0.2, -0.15) is 0 Å². The Morgan fingerprint density at radius 1 is 1.21 bits per heavy atom. The summed E-state index contributed by atoms with van der Waals surface area (Å²) < 4.78 is 5.96. The molecule has 1 amide bonds. The first-order chi connectivity index (χ1) is 13.7. The van der Waals surface area contributed by atoms with Crippen LogP contribution in [0.4, 0.5) is 5.69 Å². The highest BCUT2D eigenvalue weighted by molar-refractivity contribution is 7.18. The van der Waals surface area contributed by atoms with Crippen LogP contribution in [0.2, 0.25) is 0 Å². The highest BCUT2D eigenvalue weighted by atomic mass is 32.1. The van der Waals surface area contributed by atoms with Crippen LogP contribution in [0.3, 0.4) is 0 Å². The van der Waals surface area contributed by atoms with E-state index in [9.17, 15) is 9.59 Å². The number of para-hydroxylation sites is 2. The summed E-state index contributed by atoms with van der Waals surface area (Å²) in [6.45, 7) is 1.11. The molecule has 2 heterocycles. The number of carbonyl (C=O) groups excluding carboxylic acids is 2. The van der Waals surface area contributed by atoms with Crippen LogP contribution >= 0.6 is 11.3 Å². The summed E-state index contributed by atoms with van der Waals surface area (Å²) in [6, 6.07) is 15.1. The van der Waals surface area contributed by atoms with Crippen molar-refractivity contribution in [2.24, 2.45) is 0 Å². The quantitative estimate of drug-likeness (QED) is 0.664. The maximum Gasteiger partial charge on any atom is 0.339 e. The van der Waals surface area contributed by atoms with Crippen LogP contribution in [0.25, 0.3) is 10.2 Å². The maximum atomic E-state index is 12.7. The average molecular weight is 395 g/mol. The number of hydrogen-bond donors (Lipinski definition) is 1. The number of thiazole rings is 1. The molecule has 0 spiro atoms. The molecule has 0 bridgehead atoms. The summed E-state index contributed by atoms with van der Waals surface area (Å²) in [4.78, 5) is 31.5. The molecule has 0 radical (unpaired) electrons. The van der Waals surface area contributed by atoms with E-state index in [2.05, 4.69) is 16.3 Å². The monoisotopic (exact) mass is 395 g/mol. The smallest absolute Gasteiger partial charge is 0.339 e. The Hall–Kier alpha value is -2.77. The first kappa shape index (κ1) is 18.6. The summed E-state index contributed by atoms with van der Waals surface area (Å²) in [5, 5.41) is 3.91. The fraction of sp³-hybridized carbons (Fsp3) is 0.286. The van der Waals surface area contributed by atoms with Crippen molar-refractivity contribution < 1.29 is 14.3 Å². The molecule has 1 fully saturated rings. The number of aromatic nitrogens is 1. The van der Waals surface area contributed by atoms with Crippen LogP contribution in [-0.4, -0.2) is 42.0 Å². The van der Waals surface area contributed by atoms with Gasteiger partial charge >= 0.3 is 5.97 Å². The number of likely N-dealkylation sites (tertiary alicyclic amines) is 1. The van der Waals surface area contributed by atoms with Crippen molar-refractivity contribution in [3.8, 4) is 0 Å². The number of esters is 1. The van der Waals surface area contributed by atoms with Gasteiger partial charge in [0.1, 0.15) is 5.01 Å². The number of fused-ring (bicyclic) bond motifs is 1. The lowest BCUT2D eigenvalue weighted by Crippen LogP contribution is -2.33. The largest absolute Gasteiger partial charge is 0.465 e. The molecule has 1 unspecified atom stereocenters. The van der Waals surface area contributed by atoms with Crippen molar-refractivity contribution in [2.45, 2.75) is 18.9 Å². The topological polar surface area (TPSA) is 71.5 Å². The van der Waals surface area contributed by atoms with Gasteiger partial charge in [0.2, 0.25) is 5.91 Å². The number of anilines is 1. The lowest BCUT2D eigenvalue weighted by atomic mass is 10.2. The number of nitrogens with zero attached hydrogens (tertiary/aromatic N) is 2. The third kappa shape index (κ3) is 3.76. The van der Waals surface area contributed by atoms with Gasteiger partial charge in [-0.05, 0) is 43.7 Å². The van der Waals surface area contributed by atoms with Crippen molar-refractivity contribution >= 4 is 39.1 Å². The van der Waals surface area contributed by atoms with Gasteiger partial charge < -0.3 is 10.1 Å². The molecular formula is C21H21N3O3S. The zero-order valence-electron chi connectivity index (χ0n) is 15.6. The third-order valence-electron chi connectivity index (χ3n) is 4.91. The van der Waals surface area contributed by atoms with Gasteiger partial charge in [0.05, 0.1) is 41.2 Å². The fourth-order valence-corrected chi connectivity index (χ4v) is 4.72. The van der Waals surface area contributed by atoms with Crippen molar-refractivity contribution in [1.82, 2.24) is 9.88 Å². The molecule has 6 nitrogen and oxygen atoms in total. The Labute approximate surface area is 167 Å². The molecule has 1 aliphatic heterocycles. The van der Waals surface area contributed by atoms with E-state index in [1.165, 1.54) is 11.8 Å². The number of benzene rings is 2. The number of amides is 1. The van der Waals surface area contributed by atoms with E-state index in [1.807, 2.05) is 18.2 Å². The summed E-state index contributed by atoms with van der Waals surface area (Å²) >= 11 is 1.69. The standard InChI is InChI=1S/C21H21N3O3S/c1-27-21(26)14-7-2-3-8-15(14)22-19(25)13-24-12-6-10-17(24)20-23-16-9-4-5-11-18(16)28-20/h2-5,7-9,11,17H,6,10,12-13H2,1H3,(H,22,25). The van der Waals surface area contributed by atoms with Crippen LogP contribution in [0, 0.1) is 0 Å². The summed E-state index contributed by atoms with van der Waals surface area (Å²) in [7, 11) is 1.33. The number of ether oxygens (including phenoxy) is 1. The number of carbonyl (C=O) groups is 2. The van der Waals surface area contributed by atoms with Crippen molar-refractivity contribution in [3.05, 3.63) is 59.1 Å². The molecule has 0 saturated carbocycles. The minimum atomic E-state index is -0.468. The molecule has 144 valence electrons. The minimum Gasteiger partial charge on any atom is -0.465 e. The molecule has 0 aliphatic carbocycles.